The molecule has 154 valence electrons. The zero-order valence-electron chi connectivity index (χ0n) is 17.0. The van der Waals surface area contributed by atoms with Gasteiger partial charge in [0.2, 0.25) is 0 Å². The quantitative estimate of drug-likeness (QED) is 0.548. The van der Waals surface area contributed by atoms with Gasteiger partial charge in [0.15, 0.2) is 0 Å². The Hall–Kier alpha value is -2.32. The van der Waals surface area contributed by atoms with Gasteiger partial charge in [-0.15, -0.1) is 0 Å². The SMILES string of the molecule is CC.CC.O=C(O)CCC1=C(C2=CC=CCN2)NC(NCc2ncccn2)S1. The van der Waals surface area contributed by atoms with E-state index in [2.05, 4.69) is 25.9 Å². The number of thioether (sulfide) groups is 1. The normalized spacial score (nSPS) is 17.3. The predicted molar refractivity (Wildman–Crippen MR) is 115 cm³/mol. The maximum Gasteiger partial charge on any atom is 0.303 e. The second-order valence-electron chi connectivity index (χ2n) is 5.27. The van der Waals surface area contributed by atoms with Crippen LogP contribution in [0.25, 0.3) is 0 Å². The van der Waals surface area contributed by atoms with E-state index in [4.69, 9.17) is 5.11 Å². The van der Waals surface area contributed by atoms with Crippen LogP contribution in [0.1, 0.15) is 46.4 Å². The fourth-order valence-corrected chi connectivity index (χ4v) is 3.54. The number of aliphatic carboxylic acids is 1. The molecule has 1 unspecified atom stereocenters. The number of aromatic nitrogens is 2. The third-order valence-corrected chi connectivity index (χ3v) is 4.74. The van der Waals surface area contributed by atoms with Gasteiger partial charge in [-0.25, -0.2) is 9.97 Å². The summed E-state index contributed by atoms with van der Waals surface area (Å²) in [6, 6.07) is 1.78. The Morgan fingerprint density at radius 3 is 2.61 bits per heavy atom. The number of carboxylic acids is 1. The van der Waals surface area contributed by atoms with E-state index >= 15 is 0 Å². The summed E-state index contributed by atoms with van der Waals surface area (Å²) in [5, 5.41) is 19.0. The molecule has 0 fully saturated rings. The summed E-state index contributed by atoms with van der Waals surface area (Å²) in [4.78, 5) is 20.3. The van der Waals surface area contributed by atoms with Crippen molar-refractivity contribution in [3.8, 4) is 0 Å². The van der Waals surface area contributed by atoms with E-state index in [-0.39, 0.29) is 11.9 Å². The fourth-order valence-electron chi connectivity index (χ4n) is 2.40. The van der Waals surface area contributed by atoms with Crippen LogP contribution in [0.4, 0.5) is 0 Å². The van der Waals surface area contributed by atoms with Crippen LogP contribution in [-0.4, -0.2) is 33.1 Å². The molecule has 2 aliphatic rings. The Kier molecular flexibility index (Phi) is 11.7. The van der Waals surface area contributed by atoms with Crippen LogP contribution < -0.4 is 16.0 Å². The van der Waals surface area contributed by atoms with Crippen LogP contribution in [0.3, 0.4) is 0 Å². The maximum absolute atomic E-state index is 10.9. The number of carboxylic acid groups (broad SMARTS) is 1. The topological polar surface area (TPSA) is 99.2 Å². The van der Waals surface area contributed by atoms with Crippen molar-refractivity contribution in [2.45, 2.75) is 52.6 Å². The summed E-state index contributed by atoms with van der Waals surface area (Å²) >= 11 is 1.61. The lowest BCUT2D eigenvalue weighted by molar-refractivity contribution is -0.136. The molecule has 2 aliphatic heterocycles. The number of nitrogens with one attached hydrogen (secondary N) is 3. The Labute approximate surface area is 171 Å². The molecule has 0 bridgehead atoms. The smallest absolute Gasteiger partial charge is 0.303 e. The summed E-state index contributed by atoms with van der Waals surface area (Å²) in [7, 11) is 0. The van der Waals surface area contributed by atoms with Crippen LogP contribution in [0, 0.1) is 0 Å². The van der Waals surface area contributed by atoms with Gasteiger partial charge in [0.1, 0.15) is 11.3 Å². The predicted octanol–water partition coefficient (Wildman–Crippen LogP) is 3.36. The molecule has 0 saturated heterocycles. The summed E-state index contributed by atoms with van der Waals surface area (Å²) in [6.45, 7) is 9.31. The minimum absolute atomic E-state index is 0.0405. The standard InChI is InChI=1S/C16H19N5O2S.2C2H6/c22-14(23)6-5-12-15(11-4-1-2-7-17-11)21-16(24-12)20-10-13-18-8-3-9-19-13;2*1-2/h1-4,8-9,16-17,20-21H,5-7,10H2,(H,22,23);2*1-2H3. The first-order chi connectivity index (χ1) is 13.7. The molecule has 1 atom stereocenters. The summed E-state index contributed by atoms with van der Waals surface area (Å²) in [5.74, 6) is -0.0691. The van der Waals surface area contributed by atoms with Gasteiger partial charge in [-0.2, -0.15) is 0 Å². The number of dihydropyridines is 1. The first-order valence-electron chi connectivity index (χ1n) is 9.71. The average molecular weight is 406 g/mol. The van der Waals surface area contributed by atoms with Crippen LogP contribution >= 0.6 is 11.8 Å². The van der Waals surface area contributed by atoms with E-state index < -0.39 is 5.97 Å². The highest BCUT2D eigenvalue weighted by molar-refractivity contribution is 8.03. The average Bonchev–Trinajstić information content (AvgIpc) is 3.18. The third-order valence-electron chi connectivity index (χ3n) is 3.52. The molecule has 0 radical (unpaired) electrons. The van der Waals surface area contributed by atoms with Gasteiger partial charge in [-0.1, -0.05) is 51.6 Å². The Balaban J connectivity index is 0.000000921. The van der Waals surface area contributed by atoms with Crippen molar-refractivity contribution in [1.82, 2.24) is 25.9 Å². The van der Waals surface area contributed by atoms with Crippen molar-refractivity contribution in [1.29, 1.82) is 0 Å². The van der Waals surface area contributed by atoms with Gasteiger partial charge in [0.25, 0.3) is 0 Å². The van der Waals surface area contributed by atoms with Crippen LogP contribution in [0.2, 0.25) is 0 Å². The highest BCUT2D eigenvalue weighted by Gasteiger charge is 2.26. The molecule has 0 amide bonds. The number of rotatable bonds is 7. The van der Waals surface area contributed by atoms with Crippen LogP contribution in [-0.2, 0) is 11.3 Å². The van der Waals surface area contributed by atoms with E-state index in [0.717, 1.165) is 28.7 Å². The monoisotopic (exact) mass is 405 g/mol. The van der Waals surface area contributed by atoms with Crippen molar-refractivity contribution in [2.75, 3.05) is 6.54 Å². The van der Waals surface area contributed by atoms with Crippen molar-refractivity contribution in [2.24, 2.45) is 0 Å². The molecule has 3 rings (SSSR count). The number of nitrogens with zero attached hydrogens (tertiary/aromatic N) is 2. The molecule has 28 heavy (non-hydrogen) atoms. The molecule has 7 nitrogen and oxygen atoms in total. The van der Waals surface area contributed by atoms with Gasteiger partial charge < -0.3 is 15.7 Å². The Bertz CT molecular complexity index is 689. The van der Waals surface area contributed by atoms with Gasteiger partial charge in [-0.3, -0.25) is 10.1 Å². The summed E-state index contributed by atoms with van der Waals surface area (Å²) < 4.78 is 0. The number of hydrogen-bond acceptors (Lipinski definition) is 7. The fraction of sp³-hybridized carbons (Fsp3) is 0.450. The van der Waals surface area contributed by atoms with E-state index in [9.17, 15) is 4.79 Å². The molecule has 0 saturated carbocycles. The van der Waals surface area contributed by atoms with Crippen molar-refractivity contribution in [3.63, 3.8) is 0 Å². The molecule has 1 aromatic heterocycles. The minimum Gasteiger partial charge on any atom is -0.481 e. The summed E-state index contributed by atoms with van der Waals surface area (Å²) in [5.41, 5.74) is 1.92. The third kappa shape index (κ3) is 7.74. The van der Waals surface area contributed by atoms with Gasteiger partial charge in [0.05, 0.1) is 17.9 Å². The van der Waals surface area contributed by atoms with Crippen LogP contribution in [0.15, 0.2) is 53.0 Å². The van der Waals surface area contributed by atoms with E-state index in [0.29, 0.717) is 13.0 Å². The molecule has 0 aliphatic carbocycles. The lowest BCUT2D eigenvalue weighted by Crippen LogP contribution is -2.37. The number of carbonyl (C=O) groups is 1. The van der Waals surface area contributed by atoms with Crippen molar-refractivity contribution < 1.29 is 9.90 Å². The highest BCUT2D eigenvalue weighted by atomic mass is 32.2. The molecule has 3 heterocycles. The number of hydrogen-bond donors (Lipinski definition) is 4. The molecule has 1 aromatic rings. The largest absolute Gasteiger partial charge is 0.481 e. The Morgan fingerprint density at radius 1 is 1.29 bits per heavy atom. The first-order valence-corrected chi connectivity index (χ1v) is 10.6. The van der Waals surface area contributed by atoms with Gasteiger partial charge in [-0.05, 0) is 18.6 Å². The molecule has 0 spiro atoms. The molecule has 8 heteroatoms. The van der Waals surface area contributed by atoms with Crippen LogP contribution in [0.5, 0.6) is 0 Å². The second kappa shape index (κ2) is 13.8. The lowest BCUT2D eigenvalue weighted by atomic mass is 10.2. The lowest BCUT2D eigenvalue weighted by Gasteiger charge is -2.17. The van der Waals surface area contributed by atoms with Crippen molar-refractivity contribution in [3.05, 3.63) is 58.8 Å². The highest BCUT2D eigenvalue weighted by Crippen LogP contribution is 2.35. The first kappa shape index (κ1) is 23.7. The number of allylic oxidation sites excluding steroid dienone is 3. The van der Waals surface area contributed by atoms with Crippen molar-refractivity contribution >= 4 is 17.7 Å². The molecular formula is C20H31N5O2S. The maximum atomic E-state index is 10.9. The second-order valence-corrected chi connectivity index (χ2v) is 6.47. The molecule has 4 N–H and O–H groups in total. The molecule has 0 aromatic carbocycles. The van der Waals surface area contributed by atoms with E-state index in [1.807, 2.05) is 45.9 Å². The zero-order valence-corrected chi connectivity index (χ0v) is 17.8. The Morgan fingerprint density at radius 2 is 2.00 bits per heavy atom. The van der Waals surface area contributed by atoms with Gasteiger partial charge in [0, 0.05) is 30.3 Å². The van der Waals surface area contributed by atoms with E-state index in [1.54, 1.807) is 30.2 Å². The van der Waals surface area contributed by atoms with Gasteiger partial charge >= 0.3 is 5.97 Å². The summed E-state index contributed by atoms with van der Waals surface area (Å²) in [6.07, 6.45) is 10.1. The zero-order chi connectivity index (χ0) is 20.8. The minimum atomic E-state index is -0.790. The van der Waals surface area contributed by atoms with E-state index in [1.165, 1.54) is 0 Å². The molecular weight excluding hydrogens is 374 g/mol.